The fourth-order valence-electron chi connectivity index (χ4n) is 1.14. The van der Waals surface area contributed by atoms with Crippen LogP contribution in [0.5, 0.6) is 0 Å². The topological polar surface area (TPSA) is 66.8 Å². The number of hydrogen-bond acceptors (Lipinski definition) is 4. The molecular weight excluding hydrogens is 266 g/mol. The van der Waals surface area contributed by atoms with E-state index >= 15 is 0 Å². The molecule has 1 heterocycles. The van der Waals surface area contributed by atoms with Crippen LogP contribution in [-0.4, -0.2) is 29.8 Å². The number of aromatic carboxylic acids is 1. The maximum Gasteiger partial charge on any atom is 0.415 e. The van der Waals surface area contributed by atoms with Gasteiger partial charge in [-0.05, 0) is 32.2 Å². The molecule has 0 unspecified atom stereocenters. The summed E-state index contributed by atoms with van der Waals surface area (Å²) in [5.41, 5.74) is -0.505. The molecule has 1 aromatic rings. The minimum atomic E-state index is -1.06. The van der Waals surface area contributed by atoms with E-state index in [2.05, 4.69) is 0 Å². The van der Waals surface area contributed by atoms with Crippen molar-refractivity contribution in [2.24, 2.45) is 0 Å². The summed E-state index contributed by atoms with van der Waals surface area (Å²) in [5.74, 6) is -1.06. The molecule has 0 aromatic carbocycles. The highest BCUT2D eigenvalue weighted by molar-refractivity contribution is 7.14. The van der Waals surface area contributed by atoms with Gasteiger partial charge in [0.2, 0.25) is 0 Å². The summed E-state index contributed by atoms with van der Waals surface area (Å²) in [6, 6.07) is 1.46. The smallest absolute Gasteiger partial charge is 0.415 e. The Morgan fingerprint density at radius 3 is 2.26 bits per heavy atom. The van der Waals surface area contributed by atoms with Crippen molar-refractivity contribution in [1.82, 2.24) is 0 Å². The summed E-state index contributed by atoms with van der Waals surface area (Å²) in [4.78, 5) is 23.9. The summed E-state index contributed by atoms with van der Waals surface area (Å²) in [5, 5.41) is 10.9. The summed E-state index contributed by atoms with van der Waals surface area (Å²) >= 11 is 1.18. The van der Waals surface area contributed by atoms with Gasteiger partial charge in [-0.2, -0.15) is 0 Å². The molecule has 5 nitrogen and oxygen atoms in total. The van der Waals surface area contributed by atoms with Crippen molar-refractivity contribution in [2.75, 3.05) is 11.9 Å². The van der Waals surface area contributed by atoms with E-state index in [0.717, 1.165) is 0 Å². The molecule has 0 atom stereocenters. The molecule has 1 amide bonds. The van der Waals surface area contributed by atoms with Gasteiger partial charge in [0.15, 0.2) is 0 Å². The molecule has 1 rings (SSSR count). The van der Waals surface area contributed by atoms with Gasteiger partial charge in [0.1, 0.15) is 10.6 Å². The zero-order valence-electron chi connectivity index (χ0n) is 12.2. The lowest BCUT2D eigenvalue weighted by atomic mass is 10.2. The first-order valence-corrected chi connectivity index (χ1v) is 6.88. The maximum absolute atomic E-state index is 11.7. The molecule has 6 heteroatoms. The minimum absolute atomic E-state index is 0.100. The predicted molar refractivity (Wildman–Crippen MR) is 77.3 cm³/mol. The lowest BCUT2D eigenvalue weighted by molar-refractivity contribution is 0.0590. The van der Waals surface area contributed by atoms with Crippen LogP contribution in [0, 0.1) is 0 Å². The van der Waals surface area contributed by atoms with Crippen molar-refractivity contribution in [1.29, 1.82) is 0 Å². The van der Waals surface area contributed by atoms with Crippen molar-refractivity contribution < 1.29 is 19.4 Å². The Labute approximate surface area is 117 Å². The van der Waals surface area contributed by atoms with E-state index in [1.165, 1.54) is 29.4 Å². The molecule has 108 valence electrons. The zero-order valence-corrected chi connectivity index (χ0v) is 13.0. The van der Waals surface area contributed by atoms with Crippen LogP contribution < -0.4 is 4.90 Å². The first-order chi connectivity index (χ1) is 8.72. The number of hydrogen-bond donors (Lipinski definition) is 1. The maximum atomic E-state index is 11.7. The molecule has 0 aliphatic carbocycles. The number of rotatable bonds is 2. The first-order valence-electron chi connectivity index (χ1n) is 6.00. The number of nitrogens with zero attached hydrogens (tertiary/aromatic N) is 1. The van der Waals surface area contributed by atoms with Crippen LogP contribution in [0.2, 0.25) is 0 Å². The van der Waals surface area contributed by atoms with Gasteiger partial charge in [0.25, 0.3) is 0 Å². The molecule has 0 aliphatic heterocycles. The molecule has 0 spiro atoms. The van der Waals surface area contributed by atoms with Gasteiger partial charge >= 0.3 is 12.1 Å². The van der Waals surface area contributed by atoms with Crippen LogP contribution in [0.3, 0.4) is 0 Å². The molecule has 0 bridgehead atoms. The Morgan fingerprint density at radius 2 is 1.84 bits per heavy atom. The van der Waals surface area contributed by atoms with Gasteiger partial charge in [-0.15, -0.1) is 11.3 Å². The molecule has 0 radical (unpaired) electrons. The van der Waals surface area contributed by atoms with Gasteiger partial charge in [-0.1, -0.05) is 13.8 Å². The lowest BCUT2D eigenvalue weighted by Crippen LogP contribution is -2.34. The Hall–Kier alpha value is -1.56. The highest BCUT2D eigenvalue weighted by Crippen LogP contribution is 2.27. The predicted octanol–water partition coefficient (Wildman–Crippen LogP) is 3.84. The second kappa shape index (κ2) is 7.13. The normalized spacial score (nSPS) is 10.2. The molecule has 0 saturated carbocycles. The van der Waals surface area contributed by atoms with E-state index in [0.29, 0.717) is 5.00 Å². The second-order valence-corrected chi connectivity index (χ2v) is 5.38. The third kappa shape index (κ3) is 5.30. The Bertz CT molecular complexity index is 434. The summed E-state index contributed by atoms with van der Waals surface area (Å²) in [7, 11) is 1.49. The third-order valence-corrected chi connectivity index (χ3v) is 2.84. The number of carbonyl (C=O) groups excluding carboxylic acids is 1. The molecule has 1 N–H and O–H groups in total. The van der Waals surface area contributed by atoms with E-state index in [9.17, 15) is 9.59 Å². The van der Waals surface area contributed by atoms with Crippen molar-refractivity contribution >= 4 is 28.4 Å². The quantitative estimate of drug-likeness (QED) is 0.897. The van der Waals surface area contributed by atoms with Crippen LogP contribution >= 0.6 is 11.3 Å². The largest absolute Gasteiger partial charge is 0.478 e. The van der Waals surface area contributed by atoms with Crippen LogP contribution in [0.1, 0.15) is 45.0 Å². The number of ether oxygens (including phenoxy) is 1. The van der Waals surface area contributed by atoms with Gasteiger partial charge in [0.05, 0.1) is 5.56 Å². The molecule has 0 saturated heterocycles. The SMILES string of the molecule is CC.CN(C(=O)OC(C)(C)C)c1sccc1C(=O)O. The highest BCUT2D eigenvalue weighted by atomic mass is 32.1. The molecule has 19 heavy (non-hydrogen) atoms. The third-order valence-electron chi connectivity index (χ3n) is 1.85. The van der Waals surface area contributed by atoms with Crippen molar-refractivity contribution in [3.05, 3.63) is 17.0 Å². The van der Waals surface area contributed by atoms with E-state index in [4.69, 9.17) is 9.84 Å². The van der Waals surface area contributed by atoms with E-state index in [-0.39, 0.29) is 5.56 Å². The van der Waals surface area contributed by atoms with Crippen LogP contribution in [0.25, 0.3) is 0 Å². The fraction of sp³-hybridized carbons (Fsp3) is 0.538. The highest BCUT2D eigenvalue weighted by Gasteiger charge is 2.24. The lowest BCUT2D eigenvalue weighted by Gasteiger charge is -2.24. The molecule has 0 aliphatic rings. The zero-order chi connectivity index (χ0) is 15.2. The standard InChI is InChI=1S/C11H15NO4S.C2H6/c1-11(2,3)16-10(15)12(4)8-7(9(13)14)5-6-17-8;1-2/h5-6H,1-4H3,(H,13,14);1-2H3. The van der Waals surface area contributed by atoms with Crippen molar-refractivity contribution in [3.63, 3.8) is 0 Å². The number of anilines is 1. The number of amides is 1. The van der Waals surface area contributed by atoms with Gasteiger partial charge in [0, 0.05) is 7.05 Å². The number of thiophene rings is 1. The number of carboxylic acids is 1. The average Bonchev–Trinajstić information content (AvgIpc) is 2.77. The number of carboxylic acid groups (broad SMARTS) is 1. The monoisotopic (exact) mass is 287 g/mol. The van der Waals surface area contributed by atoms with E-state index in [1.54, 1.807) is 26.2 Å². The van der Waals surface area contributed by atoms with E-state index in [1.807, 2.05) is 13.8 Å². The Kier molecular flexibility index (Phi) is 6.55. The minimum Gasteiger partial charge on any atom is -0.478 e. The summed E-state index contributed by atoms with van der Waals surface area (Å²) < 4.78 is 5.16. The Balaban J connectivity index is 0.00000154. The van der Waals surface area contributed by atoms with Crippen molar-refractivity contribution in [2.45, 2.75) is 40.2 Å². The van der Waals surface area contributed by atoms with Crippen molar-refractivity contribution in [3.8, 4) is 0 Å². The van der Waals surface area contributed by atoms with E-state index < -0.39 is 17.7 Å². The molecule has 0 fully saturated rings. The molecule has 1 aromatic heterocycles. The van der Waals surface area contributed by atoms with Crippen LogP contribution in [0.15, 0.2) is 11.4 Å². The van der Waals surface area contributed by atoms with Crippen LogP contribution in [-0.2, 0) is 4.74 Å². The first kappa shape index (κ1) is 17.4. The average molecular weight is 287 g/mol. The summed E-state index contributed by atoms with van der Waals surface area (Å²) in [6.07, 6.45) is -0.567. The van der Waals surface area contributed by atoms with Gasteiger partial charge in [-0.25, -0.2) is 9.59 Å². The van der Waals surface area contributed by atoms with Gasteiger partial charge in [-0.3, -0.25) is 4.90 Å². The van der Waals surface area contributed by atoms with Gasteiger partial charge < -0.3 is 9.84 Å². The van der Waals surface area contributed by atoms with Crippen LogP contribution in [0.4, 0.5) is 9.80 Å². The Morgan fingerprint density at radius 1 is 1.32 bits per heavy atom. The fourth-order valence-corrected chi connectivity index (χ4v) is 1.99. The molecular formula is C13H21NO4S. The summed E-state index contributed by atoms with van der Waals surface area (Å²) in [6.45, 7) is 9.27. The second-order valence-electron chi connectivity index (χ2n) is 4.48. The number of carbonyl (C=O) groups is 2.